The van der Waals surface area contributed by atoms with E-state index >= 15 is 0 Å². The maximum Gasteiger partial charge on any atom is 0.338 e. The van der Waals surface area contributed by atoms with Gasteiger partial charge in [0.2, 0.25) is 0 Å². The monoisotopic (exact) mass is 360 g/mol. The van der Waals surface area contributed by atoms with Crippen LogP contribution < -0.4 is 0 Å². The van der Waals surface area contributed by atoms with Crippen molar-refractivity contribution < 1.29 is 19.4 Å². The van der Waals surface area contributed by atoms with E-state index in [1.807, 2.05) is 60.7 Å². The Morgan fingerprint density at radius 2 is 1.44 bits per heavy atom. The number of benzene rings is 3. The van der Waals surface area contributed by atoms with Gasteiger partial charge in [0, 0.05) is 5.56 Å². The van der Waals surface area contributed by atoms with E-state index in [4.69, 9.17) is 9.47 Å². The van der Waals surface area contributed by atoms with Crippen LogP contribution in [0.1, 0.15) is 33.2 Å². The number of carbonyl (C=O) groups is 1. The summed E-state index contributed by atoms with van der Waals surface area (Å²) in [6.45, 7) is 0.315. The third kappa shape index (κ3) is 3.14. The van der Waals surface area contributed by atoms with E-state index in [0.717, 1.165) is 5.56 Å². The molecule has 3 aromatic carbocycles. The summed E-state index contributed by atoms with van der Waals surface area (Å²) in [7, 11) is 0. The highest BCUT2D eigenvalue weighted by Crippen LogP contribution is 2.45. The van der Waals surface area contributed by atoms with E-state index in [9.17, 15) is 9.90 Å². The van der Waals surface area contributed by atoms with Crippen LogP contribution in [0.2, 0.25) is 0 Å². The van der Waals surface area contributed by atoms with Crippen LogP contribution in [0.15, 0.2) is 84.9 Å². The number of carbonyl (C=O) groups excluding carboxylic acids is 1. The average Bonchev–Trinajstić information content (AvgIpc) is 2.79. The molecule has 1 heterocycles. The predicted octanol–water partition coefficient (Wildman–Crippen LogP) is 3.85. The fraction of sp³-hybridized carbons (Fsp3) is 0.174. The van der Waals surface area contributed by atoms with Gasteiger partial charge >= 0.3 is 5.97 Å². The van der Waals surface area contributed by atoms with Crippen molar-refractivity contribution >= 4 is 5.97 Å². The van der Waals surface area contributed by atoms with Gasteiger partial charge in [0.05, 0.1) is 12.2 Å². The number of rotatable bonds is 2. The van der Waals surface area contributed by atoms with Crippen LogP contribution in [0.3, 0.4) is 0 Å². The molecule has 4 heteroatoms. The molecule has 0 bridgehead atoms. The number of hydrogen-bond acceptors (Lipinski definition) is 4. The SMILES string of the molecule is O=C1OCCOC(c2ccccc2)C(O)(c2ccccc2)c2ccccc21. The second-order valence-electron chi connectivity index (χ2n) is 6.48. The molecule has 0 fully saturated rings. The smallest absolute Gasteiger partial charge is 0.338 e. The molecule has 136 valence electrons. The van der Waals surface area contributed by atoms with E-state index in [-0.39, 0.29) is 13.2 Å². The van der Waals surface area contributed by atoms with Gasteiger partial charge in [-0.3, -0.25) is 0 Å². The molecule has 2 unspecified atom stereocenters. The van der Waals surface area contributed by atoms with Gasteiger partial charge in [0.1, 0.15) is 18.3 Å². The Balaban J connectivity index is 2.01. The largest absolute Gasteiger partial charge is 0.460 e. The molecule has 1 aliphatic heterocycles. The molecule has 0 saturated heterocycles. The van der Waals surface area contributed by atoms with Crippen LogP contribution >= 0.6 is 0 Å². The Morgan fingerprint density at radius 3 is 2.19 bits per heavy atom. The normalized spacial score (nSPS) is 22.7. The highest BCUT2D eigenvalue weighted by Gasteiger charge is 2.45. The quantitative estimate of drug-likeness (QED) is 0.705. The van der Waals surface area contributed by atoms with Crippen LogP contribution in [-0.2, 0) is 15.1 Å². The zero-order valence-electron chi connectivity index (χ0n) is 14.7. The van der Waals surface area contributed by atoms with Gasteiger partial charge in [0.15, 0.2) is 0 Å². The summed E-state index contributed by atoms with van der Waals surface area (Å²) < 4.78 is 11.4. The number of fused-ring (bicyclic) bond motifs is 1. The predicted molar refractivity (Wildman–Crippen MR) is 101 cm³/mol. The minimum absolute atomic E-state index is 0.126. The van der Waals surface area contributed by atoms with Gasteiger partial charge in [0.25, 0.3) is 0 Å². The van der Waals surface area contributed by atoms with Gasteiger partial charge in [-0.15, -0.1) is 0 Å². The first-order valence-corrected chi connectivity index (χ1v) is 8.92. The van der Waals surface area contributed by atoms with Gasteiger partial charge < -0.3 is 14.6 Å². The lowest BCUT2D eigenvalue weighted by Gasteiger charge is -2.37. The van der Waals surface area contributed by atoms with Crippen LogP contribution in [0.5, 0.6) is 0 Å². The fourth-order valence-electron chi connectivity index (χ4n) is 3.60. The highest BCUT2D eigenvalue weighted by molar-refractivity contribution is 5.91. The summed E-state index contributed by atoms with van der Waals surface area (Å²) >= 11 is 0. The number of cyclic esters (lactones) is 1. The standard InChI is InChI=1S/C23H20O4/c24-22-19-13-7-8-14-20(19)23(25,18-11-5-2-6-12-18)21(26-15-16-27-22)17-9-3-1-4-10-17/h1-14,21,25H,15-16H2. The van der Waals surface area contributed by atoms with Crippen molar-refractivity contribution in [3.05, 3.63) is 107 Å². The Bertz CT molecular complexity index is 923. The van der Waals surface area contributed by atoms with E-state index in [1.54, 1.807) is 24.3 Å². The minimum atomic E-state index is -1.55. The van der Waals surface area contributed by atoms with Crippen molar-refractivity contribution in [3.63, 3.8) is 0 Å². The van der Waals surface area contributed by atoms with Crippen LogP contribution in [0, 0.1) is 0 Å². The molecule has 3 aromatic rings. The van der Waals surface area contributed by atoms with E-state index < -0.39 is 17.7 Å². The Labute approximate surface area is 158 Å². The van der Waals surface area contributed by atoms with E-state index in [1.165, 1.54) is 0 Å². The van der Waals surface area contributed by atoms with Crippen molar-refractivity contribution in [1.82, 2.24) is 0 Å². The molecule has 0 aromatic heterocycles. The lowest BCUT2D eigenvalue weighted by molar-refractivity contribution is -0.0975. The lowest BCUT2D eigenvalue weighted by atomic mass is 9.77. The average molecular weight is 360 g/mol. The summed E-state index contributed by atoms with van der Waals surface area (Å²) in [6.07, 6.45) is -0.697. The molecule has 0 amide bonds. The zero-order valence-corrected chi connectivity index (χ0v) is 14.7. The van der Waals surface area contributed by atoms with Gasteiger partial charge in [-0.2, -0.15) is 0 Å². The van der Waals surface area contributed by atoms with E-state index in [0.29, 0.717) is 16.7 Å². The first-order chi connectivity index (χ1) is 13.2. The van der Waals surface area contributed by atoms with Crippen LogP contribution in [-0.4, -0.2) is 24.3 Å². The minimum Gasteiger partial charge on any atom is -0.460 e. The molecule has 0 spiro atoms. The molecule has 0 radical (unpaired) electrons. The fourth-order valence-corrected chi connectivity index (χ4v) is 3.60. The van der Waals surface area contributed by atoms with Crippen molar-refractivity contribution in [2.45, 2.75) is 11.7 Å². The molecule has 1 N–H and O–H groups in total. The molecule has 4 rings (SSSR count). The summed E-state index contributed by atoms with van der Waals surface area (Å²) in [4.78, 5) is 12.6. The van der Waals surface area contributed by atoms with Crippen LogP contribution in [0.4, 0.5) is 0 Å². The lowest BCUT2D eigenvalue weighted by Crippen LogP contribution is -2.37. The molecule has 0 saturated carbocycles. The number of hydrogen-bond donors (Lipinski definition) is 1. The number of ether oxygens (including phenoxy) is 2. The first kappa shape index (κ1) is 17.5. The molecule has 1 aliphatic rings. The van der Waals surface area contributed by atoms with Gasteiger partial charge in [-0.1, -0.05) is 78.9 Å². The van der Waals surface area contributed by atoms with Crippen molar-refractivity contribution in [1.29, 1.82) is 0 Å². The summed E-state index contributed by atoms with van der Waals surface area (Å²) in [5.41, 5.74) is 0.740. The Morgan fingerprint density at radius 1 is 0.815 bits per heavy atom. The number of aliphatic hydroxyl groups is 1. The van der Waals surface area contributed by atoms with Crippen molar-refractivity contribution in [2.24, 2.45) is 0 Å². The Kier molecular flexibility index (Phi) is 4.75. The van der Waals surface area contributed by atoms with Gasteiger partial charge in [-0.25, -0.2) is 4.79 Å². The second-order valence-corrected chi connectivity index (χ2v) is 6.48. The maximum atomic E-state index is 12.6. The Hall–Kier alpha value is -2.95. The molecule has 2 atom stereocenters. The summed E-state index contributed by atoms with van der Waals surface area (Å²) in [5.74, 6) is -0.461. The first-order valence-electron chi connectivity index (χ1n) is 8.92. The molecular weight excluding hydrogens is 340 g/mol. The summed E-state index contributed by atoms with van der Waals surface area (Å²) in [5, 5.41) is 12.1. The topological polar surface area (TPSA) is 55.8 Å². The number of esters is 1. The zero-order chi connectivity index (χ0) is 18.7. The van der Waals surface area contributed by atoms with Crippen molar-refractivity contribution in [3.8, 4) is 0 Å². The molecule has 0 aliphatic carbocycles. The molecule has 27 heavy (non-hydrogen) atoms. The molecule has 4 nitrogen and oxygen atoms in total. The summed E-state index contributed by atoms with van der Waals surface area (Å²) in [6, 6.07) is 25.9. The second kappa shape index (κ2) is 7.35. The van der Waals surface area contributed by atoms with Crippen LogP contribution in [0.25, 0.3) is 0 Å². The van der Waals surface area contributed by atoms with Crippen molar-refractivity contribution in [2.75, 3.05) is 13.2 Å². The maximum absolute atomic E-state index is 12.6. The van der Waals surface area contributed by atoms with E-state index in [2.05, 4.69) is 0 Å². The third-order valence-corrected chi connectivity index (χ3v) is 4.85. The third-order valence-electron chi connectivity index (χ3n) is 4.85. The highest BCUT2D eigenvalue weighted by atomic mass is 16.6. The van der Waals surface area contributed by atoms with Gasteiger partial charge in [-0.05, 0) is 17.2 Å². The molecular formula is C23H20O4.